The Morgan fingerprint density at radius 1 is 0.759 bits per heavy atom. The van der Waals surface area contributed by atoms with Crippen LogP contribution in [0.2, 0.25) is 0 Å². The Bertz CT molecular complexity index is 948. The number of phosphoric ester groups is 1. The van der Waals surface area contributed by atoms with Crippen LogP contribution in [0.4, 0.5) is 0 Å². The summed E-state index contributed by atoms with van der Waals surface area (Å²) in [4.78, 5) is 25.8. The number of phosphoric acid groups is 1. The van der Waals surface area contributed by atoms with E-state index in [0.29, 0.717) is 5.06 Å². The number of para-hydroxylation sites is 2. The fourth-order valence-corrected chi connectivity index (χ4v) is 5.55. The number of carbonyl (C=O) groups is 2. The van der Waals surface area contributed by atoms with Gasteiger partial charge >= 0.3 is 7.82 Å². The lowest BCUT2D eigenvalue weighted by atomic mass is 9.85. The highest BCUT2D eigenvalue weighted by atomic mass is 31.2. The van der Waals surface area contributed by atoms with Crippen LogP contribution in [-0.2, 0) is 18.8 Å². The lowest BCUT2D eigenvalue weighted by Gasteiger charge is -2.23. The van der Waals surface area contributed by atoms with Crippen LogP contribution in [0.15, 0.2) is 72.8 Å². The van der Waals surface area contributed by atoms with Gasteiger partial charge in [-0.15, -0.1) is 9.69 Å². The molecule has 2 aromatic rings. The first kappa shape index (κ1) is 18.2. The Morgan fingerprint density at radius 2 is 1.21 bits per heavy atom. The van der Waals surface area contributed by atoms with E-state index < -0.39 is 31.5 Å². The highest BCUT2D eigenvalue weighted by molar-refractivity contribution is 7.49. The summed E-state index contributed by atoms with van der Waals surface area (Å²) in [5.41, 5.74) is 0. The van der Waals surface area contributed by atoms with Gasteiger partial charge in [-0.3, -0.25) is 9.59 Å². The van der Waals surface area contributed by atoms with Gasteiger partial charge < -0.3 is 9.05 Å². The third-order valence-corrected chi connectivity index (χ3v) is 6.76. The van der Waals surface area contributed by atoms with Crippen LogP contribution in [-0.4, -0.2) is 16.9 Å². The van der Waals surface area contributed by atoms with E-state index >= 15 is 0 Å². The molecule has 2 aromatic carbocycles. The second kappa shape index (κ2) is 6.87. The molecule has 1 aliphatic heterocycles. The molecule has 0 spiro atoms. The average molecular weight is 411 g/mol. The molecule has 8 heteroatoms. The number of imide groups is 1. The van der Waals surface area contributed by atoms with Crippen molar-refractivity contribution in [2.45, 2.75) is 6.42 Å². The number of hydroxylamine groups is 2. The van der Waals surface area contributed by atoms with Crippen molar-refractivity contribution in [3.63, 3.8) is 0 Å². The second-order valence-corrected chi connectivity index (χ2v) is 8.73. The van der Waals surface area contributed by atoms with E-state index in [1.807, 2.05) is 12.2 Å². The van der Waals surface area contributed by atoms with Crippen molar-refractivity contribution in [1.29, 1.82) is 0 Å². The maximum Gasteiger partial charge on any atom is 0.610 e. The molecule has 3 aliphatic rings. The topological polar surface area (TPSA) is 82.1 Å². The molecule has 0 N–H and O–H groups in total. The van der Waals surface area contributed by atoms with Crippen molar-refractivity contribution < 1.29 is 27.8 Å². The van der Waals surface area contributed by atoms with E-state index in [4.69, 9.17) is 13.7 Å². The van der Waals surface area contributed by atoms with E-state index in [1.165, 1.54) is 0 Å². The van der Waals surface area contributed by atoms with Crippen LogP contribution < -0.4 is 9.05 Å². The second-order valence-electron chi connectivity index (χ2n) is 7.31. The first-order valence-electron chi connectivity index (χ1n) is 9.39. The van der Waals surface area contributed by atoms with Gasteiger partial charge in [0.1, 0.15) is 11.5 Å². The van der Waals surface area contributed by atoms with Crippen molar-refractivity contribution in [2.75, 3.05) is 0 Å². The molecule has 1 heterocycles. The van der Waals surface area contributed by atoms with Gasteiger partial charge in [0.05, 0.1) is 11.8 Å². The smallest absolute Gasteiger partial charge is 0.394 e. The molecule has 4 atom stereocenters. The number of hydrogen-bond donors (Lipinski definition) is 0. The molecule has 2 fully saturated rings. The number of hydrogen-bond acceptors (Lipinski definition) is 6. The van der Waals surface area contributed by atoms with Gasteiger partial charge in [0.25, 0.3) is 11.8 Å². The SMILES string of the molecule is O=C1C2C3C=CC(C3)C2C(=O)N1OP(=O)(Oc1ccccc1)Oc1ccccc1. The summed E-state index contributed by atoms with van der Waals surface area (Å²) in [6.07, 6.45) is 4.74. The van der Waals surface area contributed by atoms with Gasteiger partial charge in [-0.25, -0.2) is 4.57 Å². The molecular weight excluding hydrogens is 393 g/mol. The summed E-state index contributed by atoms with van der Waals surface area (Å²) in [5.74, 6) is -1.45. The molecule has 2 bridgehead atoms. The van der Waals surface area contributed by atoms with Gasteiger partial charge in [-0.1, -0.05) is 48.6 Å². The van der Waals surface area contributed by atoms with E-state index in [1.54, 1.807) is 60.7 Å². The number of benzene rings is 2. The summed E-state index contributed by atoms with van der Waals surface area (Å²) in [5, 5.41) is 0.591. The zero-order valence-electron chi connectivity index (χ0n) is 15.3. The van der Waals surface area contributed by atoms with E-state index in [9.17, 15) is 14.2 Å². The molecule has 7 nitrogen and oxygen atoms in total. The molecule has 1 saturated heterocycles. The number of allylic oxidation sites excluding steroid dienone is 2. The Balaban J connectivity index is 1.43. The maximum absolute atomic E-state index is 13.5. The van der Waals surface area contributed by atoms with Crippen molar-refractivity contribution in [3.05, 3.63) is 72.8 Å². The zero-order valence-corrected chi connectivity index (χ0v) is 16.2. The molecule has 0 aromatic heterocycles. The summed E-state index contributed by atoms with van der Waals surface area (Å²) in [7, 11) is -4.38. The third-order valence-electron chi connectivity index (χ3n) is 5.53. The quantitative estimate of drug-likeness (QED) is 0.406. The predicted octanol–water partition coefficient (Wildman–Crippen LogP) is 3.99. The summed E-state index contributed by atoms with van der Waals surface area (Å²) in [6, 6.07) is 16.7. The summed E-state index contributed by atoms with van der Waals surface area (Å²) >= 11 is 0. The van der Waals surface area contributed by atoms with Gasteiger partial charge in [0.2, 0.25) is 0 Å². The van der Waals surface area contributed by atoms with Crippen LogP contribution >= 0.6 is 7.82 Å². The third kappa shape index (κ3) is 3.16. The minimum atomic E-state index is -4.38. The molecule has 0 radical (unpaired) electrons. The van der Waals surface area contributed by atoms with Gasteiger partial charge in [-0.05, 0) is 42.5 Å². The summed E-state index contributed by atoms with van der Waals surface area (Å²) in [6.45, 7) is 0. The van der Waals surface area contributed by atoms with E-state index in [0.717, 1.165) is 6.42 Å². The first-order valence-corrected chi connectivity index (χ1v) is 10.9. The van der Waals surface area contributed by atoms with Crippen molar-refractivity contribution in [1.82, 2.24) is 5.06 Å². The Morgan fingerprint density at radius 3 is 1.66 bits per heavy atom. The number of carbonyl (C=O) groups excluding carboxylic acids is 2. The van der Waals surface area contributed by atoms with Gasteiger partial charge in [-0.2, -0.15) is 0 Å². The first-order chi connectivity index (χ1) is 14.0. The lowest BCUT2D eigenvalue weighted by molar-refractivity contribution is -0.170. The average Bonchev–Trinajstić information content (AvgIpc) is 3.40. The lowest BCUT2D eigenvalue weighted by Crippen LogP contribution is -2.33. The molecule has 29 heavy (non-hydrogen) atoms. The molecular formula is C21H18NO6P. The minimum absolute atomic E-state index is 0.0134. The number of rotatable bonds is 6. The van der Waals surface area contributed by atoms with E-state index in [-0.39, 0.29) is 23.3 Å². The van der Waals surface area contributed by atoms with Crippen molar-refractivity contribution in [3.8, 4) is 11.5 Å². The van der Waals surface area contributed by atoms with E-state index in [2.05, 4.69) is 0 Å². The largest absolute Gasteiger partial charge is 0.610 e. The predicted molar refractivity (Wildman–Crippen MR) is 102 cm³/mol. The molecule has 4 unspecified atom stereocenters. The fourth-order valence-electron chi connectivity index (χ4n) is 4.33. The molecule has 148 valence electrons. The molecule has 1 saturated carbocycles. The van der Waals surface area contributed by atoms with Crippen LogP contribution in [0.5, 0.6) is 11.5 Å². The molecule has 2 aliphatic carbocycles. The van der Waals surface area contributed by atoms with Crippen molar-refractivity contribution >= 4 is 19.6 Å². The Hall–Kier alpha value is -2.89. The Labute approximate surface area is 167 Å². The van der Waals surface area contributed by atoms with Gasteiger partial charge in [0.15, 0.2) is 0 Å². The monoisotopic (exact) mass is 411 g/mol. The molecule has 5 rings (SSSR count). The van der Waals surface area contributed by atoms with Crippen LogP contribution in [0, 0.1) is 23.7 Å². The Kier molecular flexibility index (Phi) is 4.30. The number of amides is 2. The normalized spacial score (nSPS) is 27.4. The highest BCUT2D eigenvalue weighted by Gasteiger charge is 2.61. The maximum atomic E-state index is 13.5. The van der Waals surface area contributed by atoms with Crippen LogP contribution in [0.25, 0.3) is 0 Å². The van der Waals surface area contributed by atoms with Crippen LogP contribution in [0.3, 0.4) is 0 Å². The van der Waals surface area contributed by atoms with Crippen LogP contribution in [0.1, 0.15) is 6.42 Å². The standard InChI is InChI=1S/C21H18NO6P/c23-20-18-14-11-12-15(13-14)19(18)21(24)22(20)28-29(25,26-16-7-3-1-4-8-16)27-17-9-5-2-6-10-17/h1-12,14-15,18-19H,13H2. The number of fused-ring (bicyclic) bond motifs is 5. The summed E-state index contributed by atoms with van der Waals surface area (Å²) < 4.78 is 29.9. The fraction of sp³-hybridized carbons (Fsp3) is 0.238. The van der Waals surface area contributed by atoms with Crippen molar-refractivity contribution in [2.24, 2.45) is 23.7 Å². The minimum Gasteiger partial charge on any atom is -0.394 e. The highest BCUT2D eigenvalue weighted by Crippen LogP contribution is 2.56. The zero-order chi connectivity index (χ0) is 20.0. The number of nitrogens with zero attached hydrogens (tertiary/aromatic N) is 1. The van der Waals surface area contributed by atoms with Gasteiger partial charge in [0, 0.05) is 0 Å². The molecule has 2 amide bonds.